The molecule has 0 aliphatic carbocycles. The first kappa shape index (κ1) is 13.0. The molecule has 4 heteroatoms. The Kier molecular flexibility index (Phi) is 4.70. The molecule has 0 bridgehead atoms. The fraction of sp³-hybridized carbons (Fsp3) is 0.571. The Morgan fingerprint density at radius 3 is 3.11 bits per heavy atom. The first-order valence-electron chi connectivity index (χ1n) is 6.69. The summed E-state index contributed by atoms with van der Waals surface area (Å²) in [6.07, 6.45) is 5.55. The van der Waals surface area contributed by atoms with Crippen molar-refractivity contribution < 1.29 is 4.79 Å². The molecular weight excluding hydrogens is 226 g/mol. The molecule has 1 atom stereocenters. The maximum absolute atomic E-state index is 12.4. The zero-order chi connectivity index (χ0) is 12.8. The van der Waals surface area contributed by atoms with Gasteiger partial charge < -0.3 is 10.2 Å². The standard InChI is InChI=1S/C14H21N3O/c1-2-8-17(11-12-4-3-6-15-9-12)14(18)13-5-7-16-10-13/h3-4,6,9,13,16H,2,5,7-8,10-11H2,1H3/t13-/m1/s1. The summed E-state index contributed by atoms with van der Waals surface area (Å²) in [6, 6.07) is 3.94. The van der Waals surface area contributed by atoms with Gasteiger partial charge in [0.1, 0.15) is 0 Å². The predicted octanol–water partition coefficient (Wildman–Crippen LogP) is 1.43. The van der Waals surface area contributed by atoms with Crippen LogP contribution in [0.3, 0.4) is 0 Å². The van der Waals surface area contributed by atoms with Crippen LogP contribution in [0, 0.1) is 5.92 Å². The van der Waals surface area contributed by atoms with Crippen LogP contribution in [0.4, 0.5) is 0 Å². The molecule has 4 nitrogen and oxygen atoms in total. The Bertz CT molecular complexity index is 374. The van der Waals surface area contributed by atoms with Crippen molar-refractivity contribution in [1.82, 2.24) is 15.2 Å². The van der Waals surface area contributed by atoms with Crippen molar-refractivity contribution in [2.24, 2.45) is 5.92 Å². The zero-order valence-corrected chi connectivity index (χ0v) is 10.9. The van der Waals surface area contributed by atoms with Crippen molar-refractivity contribution >= 4 is 5.91 Å². The van der Waals surface area contributed by atoms with Gasteiger partial charge in [0, 0.05) is 32.0 Å². The fourth-order valence-corrected chi connectivity index (χ4v) is 2.37. The molecule has 1 aliphatic heterocycles. The zero-order valence-electron chi connectivity index (χ0n) is 10.9. The van der Waals surface area contributed by atoms with E-state index in [9.17, 15) is 4.79 Å². The summed E-state index contributed by atoms with van der Waals surface area (Å²) in [5.74, 6) is 0.443. The SMILES string of the molecule is CCCN(Cc1cccnc1)C(=O)[C@@H]1CCNC1. The number of carbonyl (C=O) groups excluding carboxylic acids is 1. The van der Waals surface area contributed by atoms with Crippen molar-refractivity contribution in [3.63, 3.8) is 0 Å². The first-order valence-corrected chi connectivity index (χ1v) is 6.69. The van der Waals surface area contributed by atoms with Crippen LogP contribution in [0.25, 0.3) is 0 Å². The molecule has 1 aromatic heterocycles. The van der Waals surface area contributed by atoms with E-state index in [4.69, 9.17) is 0 Å². The minimum atomic E-state index is 0.160. The van der Waals surface area contributed by atoms with Gasteiger partial charge in [0.15, 0.2) is 0 Å². The molecule has 1 aliphatic rings. The number of nitrogens with zero attached hydrogens (tertiary/aromatic N) is 2. The Labute approximate surface area is 108 Å². The average molecular weight is 247 g/mol. The molecular formula is C14H21N3O. The van der Waals surface area contributed by atoms with Crippen LogP contribution in [0.1, 0.15) is 25.3 Å². The van der Waals surface area contributed by atoms with E-state index in [1.807, 2.05) is 23.2 Å². The smallest absolute Gasteiger partial charge is 0.227 e. The van der Waals surface area contributed by atoms with Crippen LogP contribution in [0.2, 0.25) is 0 Å². The number of aromatic nitrogens is 1. The summed E-state index contributed by atoms with van der Waals surface area (Å²) in [7, 11) is 0. The van der Waals surface area contributed by atoms with Crippen LogP contribution in [-0.4, -0.2) is 35.4 Å². The van der Waals surface area contributed by atoms with Gasteiger partial charge in [-0.3, -0.25) is 9.78 Å². The van der Waals surface area contributed by atoms with E-state index >= 15 is 0 Å². The van der Waals surface area contributed by atoms with Crippen LogP contribution in [0.15, 0.2) is 24.5 Å². The maximum atomic E-state index is 12.4. The lowest BCUT2D eigenvalue weighted by Gasteiger charge is -2.25. The highest BCUT2D eigenvalue weighted by molar-refractivity contribution is 5.79. The third kappa shape index (κ3) is 3.29. The minimum Gasteiger partial charge on any atom is -0.338 e. The van der Waals surface area contributed by atoms with Crippen LogP contribution in [0.5, 0.6) is 0 Å². The molecule has 98 valence electrons. The second-order valence-corrected chi connectivity index (χ2v) is 4.81. The second-order valence-electron chi connectivity index (χ2n) is 4.81. The van der Waals surface area contributed by atoms with Crippen molar-refractivity contribution in [1.29, 1.82) is 0 Å². The lowest BCUT2D eigenvalue weighted by atomic mass is 10.1. The van der Waals surface area contributed by atoms with E-state index in [0.29, 0.717) is 6.54 Å². The number of rotatable bonds is 5. The van der Waals surface area contributed by atoms with Gasteiger partial charge in [-0.2, -0.15) is 0 Å². The number of nitrogens with one attached hydrogen (secondary N) is 1. The molecule has 1 saturated heterocycles. The van der Waals surface area contributed by atoms with Crippen molar-refractivity contribution in [3.8, 4) is 0 Å². The average Bonchev–Trinajstić information content (AvgIpc) is 2.92. The van der Waals surface area contributed by atoms with Gasteiger partial charge in [0.2, 0.25) is 5.91 Å². The van der Waals surface area contributed by atoms with Crippen molar-refractivity contribution in [3.05, 3.63) is 30.1 Å². The van der Waals surface area contributed by atoms with Crippen molar-refractivity contribution in [2.45, 2.75) is 26.3 Å². The van der Waals surface area contributed by atoms with E-state index in [-0.39, 0.29) is 11.8 Å². The number of amides is 1. The van der Waals surface area contributed by atoms with E-state index < -0.39 is 0 Å². The molecule has 1 fully saturated rings. The third-order valence-electron chi connectivity index (χ3n) is 3.31. The highest BCUT2D eigenvalue weighted by Crippen LogP contribution is 2.14. The highest BCUT2D eigenvalue weighted by Gasteiger charge is 2.26. The van der Waals surface area contributed by atoms with Gasteiger partial charge in [-0.05, 0) is 31.0 Å². The minimum absolute atomic E-state index is 0.160. The van der Waals surface area contributed by atoms with Crippen LogP contribution >= 0.6 is 0 Å². The molecule has 1 N–H and O–H groups in total. The van der Waals surface area contributed by atoms with Crippen LogP contribution in [-0.2, 0) is 11.3 Å². The Balaban J connectivity index is 2.00. The maximum Gasteiger partial charge on any atom is 0.227 e. The van der Waals surface area contributed by atoms with Gasteiger partial charge in [0.05, 0.1) is 5.92 Å². The summed E-state index contributed by atoms with van der Waals surface area (Å²) >= 11 is 0. The molecule has 0 saturated carbocycles. The molecule has 0 radical (unpaired) electrons. The molecule has 18 heavy (non-hydrogen) atoms. The summed E-state index contributed by atoms with van der Waals surface area (Å²) in [4.78, 5) is 18.5. The Morgan fingerprint density at radius 2 is 2.50 bits per heavy atom. The summed E-state index contributed by atoms with van der Waals surface area (Å²) in [5, 5.41) is 3.25. The monoisotopic (exact) mass is 247 g/mol. The Morgan fingerprint density at radius 1 is 1.61 bits per heavy atom. The fourth-order valence-electron chi connectivity index (χ4n) is 2.37. The van der Waals surface area contributed by atoms with Gasteiger partial charge >= 0.3 is 0 Å². The summed E-state index contributed by atoms with van der Waals surface area (Å²) < 4.78 is 0. The van der Waals surface area contributed by atoms with Crippen molar-refractivity contribution in [2.75, 3.05) is 19.6 Å². The molecule has 0 spiro atoms. The summed E-state index contributed by atoms with van der Waals surface area (Å²) in [5.41, 5.74) is 1.10. The number of hydrogen-bond donors (Lipinski definition) is 1. The second kappa shape index (κ2) is 6.50. The normalized spacial score (nSPS) is 18.8. The summed E-state index contributed by atoms with van der Waals surface area (Å²) in [6.45, 7) is 5.40. The van der Waals surface area contributed by atoms with Crippen LogP contribution < -0.4 is 5.32 Å². The molecule has 1 aromatic rings. The number of hydrogen-bond acceptors (Lipinski definition) is 3. The Hall–Kier alpha value is -1.42. The number of carbonyl (C=O) groups is 1. The topological polar surface area (TPSA) is 45.2 Å². The van der Waals surface area contributed by atoms with Gasteiger partial charge in [0.25, 0.3) is 0 Å². The molecule has 2 heterocycles. The lowest BCUT2D eigenvalue weighted by molar-refractivity contribution is -0.135. The van der Waals surface area contributed by atoms with Gasteiger partial charge in [-0.1, -0.05) is 13.0 Å². The molecule has 0 aromatic carbocycles. The largest absolute Gasteiger partial charge is 0.338 e. The number of pyridine rings is 1. The molecule has 0 unspecified atom stereocenters. The quantitative estimate of drug-likeness (QED) is 0.856. The van der Waals surface area contributed by atoms with Gasteiger partial charge in [-0.15, -0.1) is 0 Å². The van der Waals surface area contributed by atoms with E-state index in [1.165, 1.54) is 0 Å². The predicted molar refractivity (Wildman–Crippen MR) is 70.9 cm³/mol. The van der Waals surface area contributed by atoms with Gasteiger partial charge in [-0.25, -0.2) is 0 Å². The van der Waals surface area contributed by atoms with E-state index in [2.05, 4.69) is 17.2 Å². The third-order valence-corrected chi connectivity index (χ3v) is 3.31. The lowest BCUT2D eigenvalue weighted by Crippen LogP contribution is -2.37. The molecule has 2 rings (SSSR count). The highest BCUT2D eigenvalue weighted by atomic mass is 16.2. The van der Waals surface area contributed by atoms with E-state index in [1.54, 1.807) is 6.20 Å². The first-order chi connectivity index (χ1) is 8.81. The molecule has 1 amide bonds. The van der Waals surface area contributed by atoms with E-state index in [0.717, 1.165) is 38.0 Å².